The Bertz CT molecular complexity index is 732. The van der Waals surface area contributed by atoms with Crippen LogP contribution in [-0.2, 0) is 4.79 Å². The topological polar surface area (TPSA) is 60.5 Å². The number of aromatic nitrogens is 1. The molecule has 0 bridgehead atoms. The number of fused-ring (bicyclic) bond motifs is 1. The largest absolute Gasteiger partial charge is 0.486 e. The van der Waals surface area contributed by atoms with Crippen molar-refractivity contribution >= 4 is 17.2 Å². The molecule has 0 spiro atoms. The minimum atomic E-state index is 0.0130. The third kappa shape index (κ3) is 2.98. The van der Waals surface area contributed by atoms with E-state index < -0.39 is 0 Å². The smallest absolute Gasteiger partial charge is 0.224 e. The molecule has 2 heterocycles. The van der Waals surface area contributed by atoms with E-state index in [0.29, 0.717) is 13.2 Å². The number of nitrogens with one attached hydrogen (secondary N) is 1. The Balaban J connectivity index is 1.41. The molecule has 4 rings (SSSR count). The van der Waals surface area contributed by atoms with Crippen molar-refractivity contribution in [2.75, 3.05) is 13.2 Å². The molecule has 1 aliphatic carbocycles. The van der Waals surface area contributed by atoms with Gasteiger partial charge in [-0.3, -0.25) is 4.79 Å². The Hall–Kier alpha value is -2.08. The van der Waals surface area contributed by atoms with E-state index in [9.17, 15) is 4.79 Å². The Kier molecular flexibility index (Phi) is 4.14. The highest BCUT2D eigenvalue weighted by Crippen LogP contribution is 2.49. The molecule has 0 unspecified atom stereocenters. The van der Waals surface area contributed by atoms with Gasteiger partial charge in [-0.25, -0.2) is 4.98 Å². The molecule has 0 radical (unpaired) electrons. The summed E-state index contributed by atoms with van der Waals surface area (Å²) in [5.74, 6) is 2.02. The molecule has 126 valence electrons. The van der Waals surface area contributed by atoms with Gasteiger partial charge in [0.1, 0.15) is 18.2 Å². The van der Waals surface area contributed by atoms with Crippen LogP contribution in [0.15, 0.2) is 29.8 Å². The van der Waals surface area contributed by atoms with Gasteiger partial charge in [0.25, 0.3) is 0 Å². The van der Waals surface area contributed by atoms with Crippen molar-refractivity contribution in [3.05, 3.63) is 40.3 Å². The zero-order valence-corrected chi connectivity index (χ0v) is 14.3. The van der Waals surface area contributed by atoms with Gasteiger partial charge in [-0.15, -0.1) is 11.3 Å². The fourth-order valence-electron chi connectivity index (χ4n) is 3.17. The van der Waals surface area contributed by atoms with Gasteiger partial charge in [0.2, 0.25) is 5.91 Å². The number of benzene rings is 1. The Labute approximate surface area is 145 Å². The second-order valence-corrected chi connectivity index (χ2v) is 7.12. The lowest BCUT2D eigenvalue weighted by molar-refractivity contribution is -0.123. The zero-order valence-electron chi connectivity index (χ0n) is 13.5. The Morgan fingerprint density at radius 2 is 2.21 bits per heavy atom. The lowest BCUT2D eigenvalue weighted by Gasteiger charge is -2.19. The minimum Gasteiger partial charge on any atom is -0.486 e. The number of hydrogen-bond donors (Lipinski definition) is 1. The van der Waals surface area contributed by atoms with Crippen LogP contribution in [0.5, 0.6) is 11.5 Å². The summed E-state index contributed by atoms with van der Waals surface area (Å²) in [5.41, 5.74) is 1.15. The van der Waals surface area contributed by atoms with Gasteiger partial charge < -0.3 is 14.8 Å². The lowest BCUT2D eigenvalue weighted by atomic mass is 10.1. The molecule has 0 saturated heterocycles. The van der Waals surface area contributed by atoms with E-state index in [-0.39, 0.29) is 23.8 Å². The van der Waals surface area contributed by atoms with Gasteiger partial charge >= 0.3 is 0 Å². The highest BCUT2D eigenvalue weighted by molar-refractivity contribution is 7.09. The van der Waals surface area contributed by atoms with Crippen LogP contribution in [0, 0.1) is 5.92 Å². The number of rotatable bonds is 5. The molecule has 3 atom stereocenters. The highest BCUT2D eigenvalue weighted by atomic mass is 32.1. The SMILES string of the molecule is CC[C@H](NC(=O)[C@H]1C[C@@H]1c1ccc2c(c1)OCCO2)c1nccs1. The number of hydrogen-bond acceptors (Lipinski definition) is 5. The average Bonchev–Trinajstić information content (AvgIpc) is 3.25. The van der Waals surface area contributed by atoms with Gasteiger partial charge in [-0.2, -0.15) is 0 Å². The number of ether oxygens (including phenoxy) is 2. The molecule has 24 heavy (non-hydrogen) atoms. The summed E-state index contributed by atoms with van der Waals surface area (Å²) < 4.78 is 11.2. The normalized spacial score (nSPS) is 22.7. The number of amides is 1. The maximum Gasteiger partial charge on any atom is 0.224 e. The second kappa shape index (κ2) is 6.43. The van der Waals surface area contributed by atoms with Crippen LogP contribution >= 0.6 is 11.3 Å². The first-order valence-corrected chi connectivity index (χ1v) is 9.23. The molecule has 1 aliphatic heterocycles. The van der Waals surface area contributed by atoms with Crippen LogP contribution in [0.25, 0.3) is 0 Å². The monoisotopic (exact) mass is 344 g/mol. The fourth-order valence-corrected chi connectivity index (χ4v) is 3.94. The number of nitrogens with zero attached hydrogens (tertiary/aromatic N) is 1. The van der Waals surface area contributed by atoms with Crippen LogP contribution < -0.4 is 14.8 Å². The molecule has 2 aromatic rings. The molecule has 1 aromatic heterocycles. The Morgan fingerprint density at radius 1 is 1.38 bits per heavy atom. The van der Waals surface area contributed by atoms with Crippen molar-refractivity contribution < 1.29 is 14.3 Å². The number of thiazole rings is 1. The summed E-state index contributed by atoms with van der Waals surface area (Å²) in [4.78, 5) is 16.9. The third-order valence-electron chi connectivity index (χ3n) is 4.60. The van der Waals surface area contributed by atoms with Gasteiger partial charge in [0.15, 0.2) is 11.5 Å². The lowest BCUT2D eigenvalue weighted by Crippen LogP contribution is -2.29. The van der Waals surface area contributed by atoms with Crippen molar-refractivity contribution in [1.29, 1.82) is 0 Å². The molecule has 2 aliphatic rings. The summed E-state index contributed by atoms with van der Waals surface area (Å²) in [6, 6.07) is 6.02. The highest BCUT2D eigenvalue weighted by Gasteiger charge is 2.44. The van der Waals surface area contributed by atoms with E-state index in [2.05, 4.69) is 17.2 Å². The zero-order chi connectivity index (χ0) is 16.5. The van der Waals surface area contributed by atoms with E-state index in [1.165, 1.54) is 0 Å². The molecule has 5 nitrogen and oxygen atoms in total. The van der Waals surface area contributed by atoms with Gasteiger partial charge in [-0.1, -0.05) is 13.0 Å². The summed E-state index contributed by atoms with van der Waals surface area (Å²) in [5, 5.41) is 6.06. The summed E-state index contributed by atoms with van der Waals surface area (Å²) in [7, 11) is 0. The van der Waals surface area contributed by atoms with Crippen molar-refractivity contribution in [2.24, 2.45) is 5.92 Å². The molecule has 1 aromatic carbocycles. The quantitative estimate of drug-likeness (QED) is 0.904. The second-order valence-electron chi connectivity index (χ2n) is 6.19. The molecule has 1 saturated carbocycles. The van der Waals surface area contributed by atoms with E-state index in [1.807, 2.05) is 23.6 Å². The van der Waals surface area contributed by atoms with E-state index in [0.717, 1.165) is 34.9 Å². The van der Waals surface area contributed by atoms with Gasteiger partial charge in [0, 0.05) is 17.5 Å². The predicted octanol–water partition coefficient (Wildman–Crippen LogP) is 3.29. The maximum atomic E-state index is 12.6. The third-order valence-corrected chi connectivity index (χ3v) is 5.49. The molecule has 6 heteroatoms. The molecule has 1 fully saturated rings. The van der Waals surface area contributed by atoms with Crippen LogP contribution in [-0.4, -0.2) is 24.1 Å². The number of carbonyl (C=O) groups excluding carboxylic acids is 1. The van der Waals surface area contributed by atoms with E-state index in [4.69, 9.17) is 9.47 Å². The van der Waals surface area contributed by atoms with Gasteiger partial charge in [-0.05, 0) is 36.5 Å². The summed E-state index contributed by atoms with van der Waals surface area (Å²) in [6.45, 7) is 3.24. The van der Waals surface area contributed by atoms with Crippen molar-refractivity contribution in [2.45, 2.75) is 31.7 Å². The molecule has 1 amide bonds. The first-order valence-electron chi connectivity index (χ1n) is 8.35. The fraction of sp³-hybridized carbons (Fsp3) is 0.444. The molecule has 1 N–H and O–H groups in total. The first-order chi connectivity index (χ1) is 11.8. The van der Waals surface area contributed by atoms with Crippen LogP contribution in [0.1, 0.15) is 42.3 Å². The van der Waals surface area contributed by atoms with Crippen LogP contribution in [0.2, 0.25) is 0 Å². The van der Waals surface area contributed by atoms with Crippen LogP contribution in [0.3, 0.4) is 0 Å². The molecular formula is C18H20N2O3S. The van der Waals surface area contributed by atoms with Crippen molar-refractivity contribution in [3.8, 4) is 11.5 Å². The van der Waals surface area contributed by atoms with Crippen molar-refractivity contribution in [1.82, 2.24) is 10.3 Å². The average molecular weight is 344 g/mol. The summed E-state index contributed by atoms with van der Waals surface area (Å²) in [6.07, 6.45) is 3.52. The number of carbonyl (C=O) groups is 1. The maximum absolute atomic E-state index is 12.6. The van der Waals surface area contributed by atoms with Crippen molar-refractivity contribution in [3.63, 3.8) is 0 Å². The molecular weight excluding hydrogens is 324 g/mol. The standard InChI is InChI=1S/C18H20N2O3S/c1-2-14(18-19-5-8-24-18)20-17(21)13-10-12(13)11-3-4-15-16(9-11)23-7-6-22-15/h3-5,8-9,12-14H,2,6-7,10H2,1H3,(H,20,21)/t12-,13+,14+/m1/s1. The van der Waals surface area contributed by atoms with Crippen LogP contribution in [0.4, 0.5) is 0 Å². The van der Waals surface area contributed by atoms with E-state index >= 15 is 0 Å². The van der Waals surface area contributed by atoms with E-state index in [1.54, 1.807) is 17.5 Å². The predicted molar refractivity (Wildman–Crippen MR) is 91.6 cm³/mol. The minimum absolute atomic E-state index is 0.0130. The Morgan fingerprint density at radius 3 is 2.96 bits per heavy atom. The summed E-state index contributed by atoms with van der Waals surface area (Å²) >= 11 is 1.59. The first kappa shape index (κ1) is 15.4. The van der Waals surface area contributed by atoms with Gasteiger partial charge in [0.05, 0.1) is 6.04 Å².